The Hall–Kier alpha value is -1.99. The molecule has 8 heteroatoms. The Balaban J connectivity index is 0.00000242. The average molecular weight is 325 g/mol. The molecule has 120 valence electrons. The molecule has 0 radical (unpaired) electrons. The Morgan fingerprint density at radius 3 is 2.59 bits per heavy atom. The van der Waals surface area contributed by atoms with Gasteiger partial charge in [0.2, 0.25) is 5.91 Å². The van der Waals surface area contributed by atoms with Gasteiger partial charge in [-0.15, -0.1) is 17.5 Å². The number of aromatic nitrogens is 4. The third-order valence-corrected chi connectivity index (χ3v) is 3.27. The van der Waals surface area contributed by atoms with Crippen LogP contribution in [-0.2, 0) is 11.2 Å². The van der Waals surface area contributed by atoms with Crippen molar-refractivity contribution >= 4 is 18.3 Å². The maximum atomic E-state index is 12.5. The summed E-state index contributed by atoms with van der Waals surface area (Å²) < 4.78 is 1.55. The van der Waals surface area contributed by atoms with Gasteiger partial charge in [0.15, 0.2) is 0 Å². The topological polar surface area (TPSA) is 98.7 Å². The number of nitrogens with two attached hydrogens (primary N) is 1. The molecule has 22 heavy (non-hydrogen) atoms. The molecule has 2 aromatic rings. The summed E-state index contributed by atoms with van der Waals surface area (Å²) in [5.74, 6) is 0.471. The molecule has 2 rings (SSSR count). The molecule has 0 saturated heterocycles. The van der Waals surface area contributed by atoms with Gasteiger partial charge < -0.3 is 11.1 Å². The van der Waals surface area contributed by atoms with E-state index >= 15 is 0 Å². The standard InChI is InChI=1S/C14H20N6O.ClH/c1-10(9-15)16-14(21)13(20-11(2)17-18-19-20)8-12-6-4-3-5-7-12;/h3-7,10,13H,8-9,15H2,1-2H3,(H,16,21);1H/t10-,13?;/m0./s1. The van der Waals surface area contributed by atoms with E-state index in [1.165, 1.54) is 0 Å². The molecule has 0 fully saturated rings. The van der Waals surface area contributed by atoms with Crippen LogP contribution in [0.2, 0.25) is 0 Å². The van der Waals surface area contributed by atoms with Gasteiger partial charge in [-0.2, -0.15) is 0 Å². The minimum atomic E-state index is -0.489. The van der Waals surface area contributed by atoms with Gasteiger partial charge in [0.25, 0.3) is 0 Å². The van der Waals surface area contributed by atoms with Crippen LogP contribution in [0.25, 0.3) is 0 Å². The lowest BCUT2D eigenvalue weighted by Gasteiger charge is -2.20. The van der Waals surface area contributed by atoms with Crippen LogP contribution in [-0.4, -0.2) is 38.7 Å². The summed E-state index contributed by atoms with van der Waals surface area (Å²) in [6.07, 6.45) is 0.524. The fraction of sp³-hybridized carbons (Fsp3) is 0.429. The van der Waals surface area contributed by atoms with E-state index in [0.29, 0.717) is 18.8 Å². The minimum absolute atomic E-state index is 0. The second-order valence-corrected chi connectivity index (χ2v) is 5.02. The van der Waals surface area contributed by atoms with Crippen LogP contribution in [0.5, 0.6) is 0 Å². The number of rotatable bonds is 6. The first-order valence-corrected chi connectivity index (χ1v) is 6.90. The van der Waals surface area contributed by atoms with E-state index in [-0.39, 0.29) is 24.4 Å². The molecule has 1 unspecified atom stereocenters. The first-order valence-electron chi connectivity index (χ1n) is 6.90. The number of hydrogen-bond donors (Lipinski definition) is 2. The summed E-state index contributed by atoms with van der Waals surface area (Å²) in [6, 6.07) is 9.21. The number of amides is 1. The van der Waals surface area contributed by atoms with Gasteiger partial charge in [-0.1, -0.05) is 30.3 Å². The van der Waals surface area contributed by atoms with Gasteiger partial charge in [0, 0.05) is 19.0 Å². The number of hydrogen-bond acceptors (Lipinski definition) is 5. The van der Waals surface area contributed by atoms with Gasteiger partial charge in [-0.05, 0) is 29.8 Å². The molecule has 1 heterocycles. The number of carbonyl (C=O) groups excluding carboxylic acids is 1. The maximum Gasteiger partial charge on any atom is 0.245 e. The second-order valence-electron chi connectivity index (χ2n) is 5.02. The molecule has 1 aromatic carbocycles. The molecule has 0 aliphatic heterocycles. The quantitative estimate of drug-likeness (QED) is 0.813. The highest BCUT2D eigenvalue weighted by atomic mass is 35.5. The highest BCUT2D eigenvalue weighted by molar-refractivity contribution is 5.85. The molecule has 0 aliphatic rings. The number of nitrogens with one attached hydrogen (secondary N) is 1. The predicted molar refractivity (Wildman–Crippen MR) is 85.6 cm³/mol. The highest BCUT2D eigenvalue weighted by Gasteiger charge is 2.24. The lowest BCUT2D eigenvalue weighted by molar-refractivity contribution is -0.125. The summed E-state index contributed by atoms with van der Waals surface area (Å²) >= 11 is 0. The first kappa shape index (κ1) is 18.1. The Morgan fingerprint density at radius 1 is 1.36 bits per heavy atom. The van der Waals surface area contributed by atoms with E-state index in [2.05, 4.69) is 20.8 Å². The van der Waals surface area contributed by atoms with Gasteiger partial charge in [-0.25, -0.2) is 4.68 Å². The van der Waals surface area contributed by atoms with Crippen molar-refractivity contribution in [2.75, 3.05) is 6.54 Å². The van der Waals surface area contributed by atoms with Gasteiger partial charge in [0.1, 0.15) is 11.9 Å². The van der Waals surface area contributed by atoms with Crippen LogP contribution in [0.15, 0.2) is 30.3 Å². The van der Waals surface area contributed by atoms with Crippen LogP contribution in [0.4, 0.5) is 0 Å². The van der Waals surface area contributed by atoms with Crippen molar-refractivity contribution < 1.29 is 4.79 Å². The fourth-order valence-electron chi connectivity index (χ4n) is 2.05. The summed E-state index contributed by atoms with van der Waals surface area (Å²) in [6.45, 7) is 4.03. The van der Waals surface area contributed by atoms with Crippen LogP contribution in [0, 0.1) is 6.92 Å². The largest absolute Gasteiger partial charge is 0.351 e. The third-order valence-electron chi connectivity index (χ3n) is 3.27. The minimum Gasteiger partial charge on any atom is -0.351 e. The van der Waals surface area contributed by atoms with Gasteiger partial charge in [0.05, 0.1) is 0 Å². The van der Waals surface area contributed by atoms with Gasteiger partial charge >= 0.3 is 0 Å². The van der Waals surface area contributed by atoms with Gasteiger partial charge in [-0.3, -0.25) is 4.79 Å². The molecule has 2 atom stereocenters. The molecule has 0 bridgehead atoms. The maximum absolute atomic E-state index is 12.5. The number of tetrazole rings is 1. The molecule has 0 aliphatic carbocycles. The fourth-order valence-corrected chi connectivity index (χ4v) is 2.05. The zero-order valence-electron chi connectivity index (χ0n) is 12.6. The molecule has 7 nitrogen and oxygen atoms in total. The van der Waals surface area contributed by atoms with Crippen molar-refractivity contribution in [3.63, 3.8) is 0 Å². The first-order chi connectivity index (χ1) is 10.1. The number of nitrogens with zero attached hydrogens (tertiary/aromatic N) is 4. The lowest BCUT2D eigenvalue weighted by Crippen LogP contribution is -2.43. The highest BCUT2D eigenvalue weighted by Crippen LogP contribution is 2.15. The second kappa shape index (κ2) is 8.45. The van der Waals surface area contributed by atoms with Crippen molar-refractivity contribution in [2.45, 2.75) is 32.4 Å². The summed E-state index contributed by atoms with van der Waals surface area (Å²) in [4.78, 5) is 12.5. The van der Waals surface area contributed by atoms with E-state index in [4.69, 9.17) is 5.73 Å². The van der Waals surface area contributed by atoms with Crippen LogP contribution in [0.3, 0.4) is 0 Å². The van der Waals surface area contributed by atoms with Crippen molar-refractivity contribution in [2.24, 2.45) is 5.73 Å². The normalized spacial score (nSPS) is 13.0. The molecular formula is C14H21ClN6O. The Kier molecular flexibility index (Phi) is 6.94. The molecule has 1 amide bonds. The lowest BCUT2D eigenvalue weighted by atomic mass is 10.0. The Labute approximate surface area is 135 Å². The number of carbonyl (C=O) groups is 1. The zero-order chi connectivity index (χ0) is 15.2. The summed E-state index contributed by atoms with van der Waals surface area (Å²) in [7, 11) is 0. The molecule has 3 N–H and O–H groups in total. The van der Waals surface area contributed by atoms with Crippen molar-refractivity contribution in [1.82, 2.24) is 25.5 Å². The Bertz CT molecular complexity index is 588. The SMILES string of the molecule is Cc1nnnn1C(Cc1ccccc1)C(=O)N[C@@H](C)CN.Cl. The van der Waals surface area contributed by atoms with E-state index in [9.17, 15) is 4.79 Å². The monoisotopic (exact) mass is 324 g/mol. The molecule has 0 saturated carbocycles. The molecule has 1 aromatic heterocycles. The predicted octanol–water partition coefficient (Wildman–Crippen LogP) is 0.651. The number of halogens is 1. The van der Waals surface area contributed by atoms with Crippen molar-refractivity contribution in [1.29, 1.82) is 0 Å². The van der Waals surface area contributed by atoms with Crippen molar-refractivity contribution in [3.05, 3.63) is 41.7 Å². The number of aryl methyl sites for hydroxylation is 1. The molecular weight excluding hydrogens is 304 g/mol. The van der Waals surface area contributed by atoms with E-state index in [0.717, 1.165) is 5.56 Å². The summed E-state index contributed by atoms with van der Waals surface area (Å²) in [5.41, 5.74) is 6.61. The smallest absolute Gasteiger partial charge is 0.245 e. The Morgan fingerprint density at radius 2 is 2.05 bits per heavy atom. The van der Waals surface area contributed by atoms with Crippen molar-refractivity contribution in [3.8, 4) is 0 Å². The molecule has 0 spiro atoms. The third kappa shape index (κ3) is 4.51. The van der Waals surface area contributed by atoms with E-state index < -0.39 is 6.04 Å². The number of benzene rings is 1. The van der Waals surface area contributed by atoms with Crippen LogP contribution in [0.1, 0.15) is 24.4 Å². The van der Waals surface area contributed by atoms with Crippen LogP contribution < -0.4 is 11.1 Å². The van der Waals surface area contributed by atoms with E-state index in [1.54, 1.807) is 11.6 Å². The zero-order valence-corrected chi connectivity index (χ0v) is 13.5. The van der Waals surface area contributed by atoms with E-state index in [1.807, 2.05) is 37.3 Å². The van der Waals surface area contributed by atoms with Crippen LogP contribution >= 0.6 is 12.4 Å². The average Bonchev–Trinajstić information content (AvgIpc) is 2.91. The summed E-state index contributed by atoms with van der Waals surface area (Å²) in [5, 5.41) is 14.3.